The molecule has 0 saturated heterocycles. The highest BCUT2D eigenvalue weighted by molar-refractivity contribution is 5.85. The molecular formula is C15H29N3O2. The first-order valence-corrected chi connectivity index (χ1v) is 7.81. The van der Waals surface area contributed by atoms with Crippen molar-refractivity contribution in [2.75, 3.05) is 26.2 Å². The van der Waals surface area contributed by atoms with E-state index in [0.717, 1.165) is 25.7 Å². The Morgan fingerprint density at radius 2 is 1.85 bits per heavy atom. The summed E-state index contributed by atoms with van der Waals surface area (Å²) in [4.78, 5) is 25.7. The Balaban J connectivity index is 2.59. The van der Waals surface area contributed by atoms with Crippen LogP contribution in [0.3, 0.4) is 0 Å². The van der Waals surface area contributed by atoms with E-state index in [1.54, 1.807) is 4.90 Å². The molecule has 0 unspecified atom stereocenters. The van der Waals surface area contributed by atoms with Gasteiger partial charge in [0.05, 0.1) is 6.54 Å². The molecule has 2 amide bonds. The zero-order chi connectivity index (χ0) is 15.0. The summed E-state index contributed by atoms with van der Waals surface area (Å²) < 4.78 is 0. The normalized spacial score (nSPS) is 17.6. The first-order valence-electron chi connectivity index (χ1n) is 7.81. The zero-order valence-electron chi connectivity index (χ0n) is 12.9. The number of nitrogens with one attached hydrogen (secondary N) is 1. The summed E-state index contributed by atoms with van der Waals surface area (Å²) in [5.74, 6) is -0.0285. The number of nitrogens with zero attached hydrogens (tertiary/aromatic N) is 1. The highest BCUT2D eigenvalue weighted by Gasteiger charge is 2.34. The quantitative estimate of drug-likeness (QED) is 0.739. The molecule has 3 N–H and O–H groups in total. The molecule has 1 aliphatic carbocycles. The molecule has 0 aromatic rings. The van der Waals surface area contributed by atoms with Crippen LogP contribution < -0.4 is 11.1 Å². The lowest BCUT2D eigenvalue weighted by Crippen LogP contribution is -2.44. The van der Waals surface area contributed by atoms with E-state index in [9.17, 15) is 9.59 Å². The topological polar surface area (TPSA) is 75.4 Å². The molecule has 0 heterocycles. The van der Waals surface area contributed by atoms with E-state index in [-0.39, 0.29) is 23.8 Å². The third-order valence-electron chi connectivity index (χ3n) is 4.32. The smallest absolute Gasteiger partial charge is 0.239 e. The minimum atomic E-state index is -0.0897. The highest BCUT2D eigenvalue weighted by atomic mass is 16.2. The highest BCUT2D eigenvalue weighted by Crippen LogP contribution is 2.38. The van der Waals surface area contributed by atoms with Crippen molar-refractivity contribution in [3.8, 4) is 0 Å². The van der Waals surface area contributed by atoms with Gasteiger partial charge < -0.3 is 16.0 Å². The van der Waals surface area contributed by atoms with E-state index in [1.165, 1.54) is 6.42 Å². The second-order valence-electron chi connectivity index (χ2n) is 5.80. The van der Waals surface area contributed by atoms with Crippen LogP contribution in [0.5, 0.6) is 0 Å². The van der Waals surface area contributed by atoms with Gasteiger partial charge in [-0.05, 0) is 38.6 Å². The fourth-order valence-corrected chi connectivity index (χ4v) is 2.99. The number of hydrogen-bond donors (Lipinski definition) is 2. The minimum absolute atomic E-state index is 0.0377. The summed E-state index contributed by atoms with van der Waals surface area (Å²) in [7, 11) is 0. The van der Waals surface area contributed by atoms with Gasteiger partial charge in [0.15, 0.2) is 0 Å². The Bertz CT molecular complexity index is 325. The maximum atomic E-state index is 12.4. The Labute approximate surface area is 122 Å². The molecule has 1 fully saturated rings. The Kier molecular flexibility index (Phi) is 6.99. The molecule has 0 aromatic heterocycles. The predicted molar refractivity (Wildman–Crippen MR) is 80.1 cm³/mol. The molecule has 0 atom stereocenters. The lowest BCUT2D eigenvalue weighted by molar-refractivity contribution is -0.138. The third-order valence-corrected chi connectivity index (χ3v) is 4.32. The van der Waals surface area contributed by atoms with Crippen LogP contribution in [0.4, 0.5) is 0 Å². The largest absolute Gasteiger partial charge is 0.355 e. The summed E-state index contributed by atoms with van der Waals surface area (Å²) in [5, 5.41) is 2.73. The van der Waals surface area contributed by atoms with Crippen LogP contribution in [0.1, 0.15) is 52.4 Å². The monoisotopic (exact) mass is 283 g/mol. The molecular weight excluding hydrogens is 254 g/mol. The Morgan fingerprint density at radius 3 is 2.35 bits per heavy atom. The van der Waals surface area contributed by atoms with Gasteiger partial charge in [-0.2, -0.15) is 0 Å². The standard InChI is InChI=1S/C15H29N3O2/c1-3-17-13(19)11-18(4-2)14(20)10-15(12-16)8-6-5-7-9-15/h3-12,16H2,1-2H3,(H,17,19). The van der Waals surface area contributed by atoms with Crippen LogP contribution in [0.2, 0.25) is 0 Å². The van der Waals surface area contributed by atoms with Gasteiger partial charge in [0, 0.05) is 19.5 Å². The van der Waals surface area contributed by atoms with Gasteiger partial charge in [-0.3, -0.25) is 9.59 Å². The van der Waals surface area contributed by atoms with Crippen molar-refractivity contribution in [2.45, 2.75) is 52.4 Å². The van der Waals surface area contributed by atoms with E-state index >= 15 is 0 Å². The Hall–Kier alpha value is -1.10. The van der Waals surface area contributed by atoms with Crippen molar-refractivity contribution in [2.24, 2.45) is 11.1 Å². The summed E-state index contributed by atoms with van der Waals surface area (Å²) >= 11 is 0. The lowest BCUT2D eigenvalue weighted by atomic mass is 9.71. The van der Waals surface area contributed by atoms with E-state index in [0.29, 0.717) is 26.1 Å². The number of amides is 2. The van der Waals surface area contributed by atoms with Crippen LogP contribution in [-0.4, -0.2) is 42.9 Å². The number of nitrogens with two attached hydrogens (primary N) is 1. The lowest BCUT2D eigenvalue weighted by Gasteiger charge is -2.37. The molecule has 1 saturated carbocycles. The third kappa shape index (κ3) is 4.78. The van der Waals surface area contributed by atoms with Crippen molar-refractivity contribution in [3.05, 3.63) is 0 Å². The molecule has 0 radical (unpaired) electrons. The fourth-order valence-electron chi connectivity index (χ4n) is 2.99. The van der Waals surface area contributed by atoms with Crippen molar-refractivity contribution in [1.82, 2.24) is 10.2 Å². The van der Waals surface area contributed by atoms with Gasteiger partial charge in [0.1, 0.15) is 0 Å². The molecule has 20 heavy (non-hydrogen) atoms. The van der Waals surface area contributed by atoms with Crippen molar-refractivity contribution < 1.29 is 9.59 Å². The molecule has 0 aromatic carbocycles. The van der Waals surface area contributed by atoms with E-state index in [4.69, 9.17) is 5.73 Å². The maximum Gasteiger partial charge on any atom is 0.239 e. The van der Waals surface area contributed by atoms with Crippen molar-refractivity contribution in [1.29, 1.82) is 0 Å². The Morgan fingerprint density at radius 1 is 1.20 bits per heavy atom. The van der Waals surface area contributed by atoms with Crippen molar-refractivity contribution in [3.63, 3.8) is 0 Å². The summed E-state index contributed by atoms with van der Waals surface area (Å²) in [6, 6.07) is 0. The average Bonchev–Trinajstić information content (AvgIpc) is 2.46. The minimum Gasteiger partial charge on any atom is -0.355 e. The van der Waals surface area contributed by atoms with Gasteiger partial charge in [-0.1, -0.05) is 19.3 Å². The molecule has 0 spiro atoms. The van der Waals surface area contributed by atoms with Crippen LogP contribution in [0, 0.1) is 5.41 Å². The van der Waals surface area contributed by atoms with Crippen LogP contribution in [-0.2, 0) is 9.59 Å². The van der Waals surface area contributed by atoms with Gasteiger partial charge in [0.25, 0.3) is 0 Å². The maximum absolute atomic E-state index is 12.4. The summed E-state index contributed by atoms with van der Waals surface area (Å²) in [6.45, 7) is 5.67. The van der Waals surface area contributed by atoms with Gasteiger partial charge in [0.2, 0.25) is 11.8 Å². The fraction of sp³-hybridized carbons (Fsp3) is 0.867. The van der Waals surface area contributed by atoms with Crippen molar-refractivity contribution >= 4 is 11.8 Å². The number of rotatable bonds is 7. The first-order chi connectivity index (χ1) is 9.56. The van der Waals surface area contributed by atoms with Crippen LogP contribution in [0.25, 0.3) is 0 Å². The van der Waals surface area contributed by atoms with Gasteiger partial charge in [-0.15, -0.1) is 0 Å². The van der Waals surface area contributed by atoms with Gasteiger partial charge >= 0.3 is 0 Å². The van der Waals surface area contributed by atoms with Gasteiger partial charge in [-0.25, -0.2) is 0 Å². The average molecular weight is 283 g/mol. The molecule has 116 valence electrons. The van der Waals surface area contributed by atoms with E-state index in [2.05, 4.69) is 5.32 Å². The summed E-state index contributed by atoms with van der Waals surface area (Å²) in [5.41, 5.74) is 5.89. The molecule has 5 nitrogen and oxygen atoms in total. The van der Waals surface area contributed by atoms with Crippen LogP contribution in [0.15, 0.2) is 0 Å². The molecule has 1 rings (SSSR count). The van der Waals surface area contributed by atoms with E-state index in [1.807, 2.05) is 13.8 Å². The molecule has 1 aliphatic rings. The molecule has 5 heteroatoms. The summed E-state index contributed by atoms with van der Waals surface area (Å²) in [6.07, 6.45) is 6.12. The molecule has 0 aliphatic heterocycles. The molecule has 0 bridgehead atoms. The predicted octanol–water partition coefficient (Wildman–Crippen LogP) is 1.27. The zero-order valence-corrected chi connectivity index (χ0v) is 12.9. The second kappa shape index (κ2) is 8.25. The number of carbonyl (C=O) groups is 2. The van der Waals surface area contributed by atoms with Crippen LogP contribution >= 0.6 is 0 Å². The number of carbonyl (C=O) groups excluding carboxylic acids is 2. The SMILES string of the molecule is CCNC(=O)CN(CC)C(=O)CC1(CN)CCCCC1. The number of hydrogen-bond acceptors (Lipinski definition) is 3. The van der Waals surface area contributed by atoms with E-state index < -0.39 is 0 Å². The number of likely N-dealkylation sites (N-methyl/N-ethyl adjacent to an activating group) is 2. The first kappa shape index (κ1) is 17.0. The second-order valence-corrected chi connectivity index (χ2v) is 5.80.